The van der Waals surface area contributed by atoms with Crippen LogP contribution in [0.1, 0.15) is 18.5 Å². The van der Waals surface area contributed by atoms with Crippen LogP contribution in [0.2, 0.25) is 0 Å². The van der Waals surface area contributed by atoms with Crippen LogP contribution in [0.3, 0.4) is 0 Å². The van der Waals surface area contributed by atoms with Crippen LogP contribution in [-0.4, -0.2) is 29.7 Å². The number of alkyl carbamates (subject to hydrolysis) is 1. The molecule has 1 amide bonds. The Morgan fingerprint density at radius 1 is 1.32 bits per heavy atom. The third-order valence-corrected chi connectivity index (χ3v) is 3.65. The number of benzene rings is 1. The van der Waals surface area contributed by atoms with Gasteiger partial charge in [-0.05, 0) is 12.5 Å². The zero-order valence-electron chi connectivity index (χ0n) is 10.8. The Morgan fingerprint density at radius 2 is 1.95 bits per heavy atom. The molecule has 2 atom stereocenters. The molecule has 6 heteroatoms. The molecule has 5 nitrogen and oxygen atoms in total. The van der Waals surface area contributed by atoms with Crippen molar-refractivity contribution in [1.82, 2.24) is 5.32 Å². The lowest BCUT2D eigenvalue weighted by atomic mass is 10.0. The van der Waals surface area contributed by atoms with Crippen LogP contribution < -0.4 is 5.32 Å². The topological polar surface area (TPSA) is 64.6 Å². The van der Waals surface area contributed by atoms with Crippen LogP contribution in [0.4, 0.5) is 4.79 Å². The average Bonchev–Trinajstić information content (AvgIpc) is 2.44. The lowest BCUT2D eigenvalue weighted by Crippen LogP contribution is -2.38. The van der Waals surface area contributed by atoms with Crippen molar-refractivity contribution in [2.75, 3.05) is 13.7 Å². The van der Waals surface area contributed by atoms with Crippen molar-refractivity contribution < 1.29 is 19.1 Å². The Morgan fingerprint density at radius 3 is 2.47 bits per heavy atom. The van der Waals surface area contributed by atoms with Gasteiger partial charge in [-0.2, -0.15) is 0 Å². The van der Waals surface area contributed by atoms with Gasteiger partial charge in [-0.25, -0.2) is 4.79 Å². The zero-order valence-corrected chi connectivity index (χ0v) is 12.9. The van der Waals surface area contributed by atoms with Gasteiger partial charge in [-0.15, -0.1) is 0 Å². The number of nitrogens with one attached hydrogen (secondary N) is 1. The minimum absolute atomic E-state index is 0.275. The van der Waals surface area contributed by atoms with E-state index >= 15 is 0 Å². The van der Waals surface area contributed by atoms with E-state index in [1.165, 1.54) is 7.11 Å². The second-order valence-electron chi connectivity index (χ2n) is 3.68. The largest absolute Gasteiger partial charge is 0.468 e. The molecule has 0 fully saturated rings. The highest BCUT2D eigenvalue weighted by Gasteiger charge is 2.29. The number of amides is 1. The van der Waals surface area contributed by atoms with Crippen LogP contribution in [0.15, 0.2) is 30.3 Å². The summed E-state index contributed by atoms with van der Waals surface area (Å²) in [6, 6.07) is 8.74. The van der Waals surface area contributed by atoms with Crippen molar-refractivity contribution in [2.24, 2.45) is 0 Å². The summed E-state index contributed by atoms with van der Waals surface area (Å²) in [5.41, 5.74) is 0.820. The number of carbonyl (C=O) groups excluding carboxylic acids is 2. The van der Waals surface area contributed by atoms with E-state index in [9.17, 15) is 9.59 Å². The maximum atomic E-state index is 11.6. The fourth-order valence-electron chi connectivity index (χ4n) is 1.53. The van der Waals surface area contributed by atoms with Crippen LogP contribution >= 0.6 is 22.6 Å². The molecule has 0 aliphatic carbocycles. The summed E-state index contributed by atoms with van der Waals surface area (Å²) < 4.78 is 9.04. The molecule has 1 rings (SSSR count). The van der Waals surface area contributed by atoms with E-state index in [2.05, 4.69) is 5.32 Å². The first-order chi connectivity index (χ1) is 9.10. The van der Waals surface area contributed by atoms with Crippen molar-refractivity contribution in [1.29, 1.82) is 0 Å². The molecular formula is C13H16INO4. The highest BCUT2D eigenvalue weighted by atomic mass is 127. The maximum Gasteiger partial charge on any atom is 0.407 e. The minimum atomic E-state index is -0.554. The van der Waals surface area contributed by atoms with Crippen molar-refractivity contribution in [3.8, 4) is 0 Å². The Bertz CT molecular complexity index is 424. The SMILES string of the molecule is CCOC(=O)N[C@@H](c1ccccc1)[C@H](I)C(=O)OC. The molecule has 0 heterocycles. The zero-order chi connectivity index (χ0) is 14.3. The standard InChI is InChI=1S/C13H16INO4/c1-3-19-13(17)15-11(10(14)12(16)18-2)9-7-5-4-6-8-9/h4-8,10-11H,3H2,1-2H3,(H,15,17)/t10-,11-/m0/s1. The number of hydrogen-bond donors (Lipinski definition) is 1. The van der Waals surface area contributed by atoms with Gasteiger partial charge in [0.1, 0.15) is 3.92 Å². The molecule has 0 aliphatic rings. The minimum Gasteiger partial charge on any atom is -0.468 e. The molecule has 0 aliphatic heterocycles. The highest BCUT2D eigenvalue weighted by molar-refractivity contribution is 14.1. The number of ether oxygens (including phenoxy) is 2. The van der Waals surface area contributed by atoms with Crippen molar-refractivity contribution >= 4 is 34.7 Å². The monoisotopic (exact) mass is 377 g/mol. The highest BCUT2D eigenvalue weighted by Crippen LogP contribution is 2.24. The second-order valence-corrected chi connectivity index (χ2v) is 5.02. The molecule has 0 unspecified atom stereocenters. The van der Waals surface area contributed by atoms with E-state index in [0.717, 1.165) is 5.56 Å². The van der Waals surface area contributed by atoms with Gasteiger partial charge in [0.05, 0.1) is 19.8 Å². The molecule has 0 spiro atoms. The first-order valence-electron chi connectivity index (χ1n) is 5.80. The van der Waals surface area contributed by atoms with E-state index < -0.39 is 22.0 Å². The Labute approximate surface area is 125 Å². The number of rotatable bonds is 5. The number of carbonyl (C=O) groups is 2. The van der Waals surface area contributed by atoms with Gasteiger partial charge < -0.3 is 14.8 Å². The number of methoxy groups -OCH3 is 1. The number of halogens is 1. The van der Waals surface area contributed by atoms with E-state index in [-0.39, 0.29) is 6.61 Å². The van der Waals surface area contributed by atoms with Crippen LogP contribution in [0.25, 0.3) is 0 Å². The predicted molar refractivity (Wildman–Crippen MR) is 79.2 cm³/mol. The molecule has 0 saturated heterocycles. The lowest BCUT2D eigenvalue weighted by molar-refractivity contribution is -0.140. The number of hydrogen-bond acceptors (Lipinski definition) is 4. The molecule has 1 N–H and O–H groups in total. The third kappa shape index (κ3) is 4.70. The Kier molecular flexibility index (Phi) is 6.61. The number of alkyl halides is 1. The first kappa shape index (κ1) is 15.7. The van der Waals surface area contributed by atoms with Gasteiger partial charge in [0.15, 0.2) is 0 Å². The van der Waals surface area contributed by atoms with Gasteiger partial charge in [-0.1, -0.05) is 52.9 Å². The Balaban J connectivity index is 2.91. The molecule has 0 radical (unpaired) electrons. The van der Waals surface area contributed by atoms with Gasteiger partial charge >= 0.3 is 12.1 Å². The molecule has 0 saturated carbocycles. The lowest BCUT2D eigenvalue weighted by Gasteiger charge is -2.22. The van der Waals surface area contributed by atoms with Crippen molar-refractivity contribution in [3.05, 3.63) is 35.9 Å². The quantitative estimate of drug-likeness (QED) is 0.487. The average molecular weight is 377 g/mol. The van der Waals surface area contributed by atoms with Crippen molar-refractivity contribution in [3.63, 3.8) is 0 Å². The fraction of sp³-hybridized carbons (Fsp3) is 0.385. The van der Waals surface area contributed by atoms with Gasteiger partial charge in [0.2, 0.25) is 0 Å². The Hall–Kier alpha value is -1.31. The molecule has 1 aromatic rings. The summed E-state index contributed by atoms with van der Waals surface area (Å²) in [5, 5.41) is 2.68. The van der Waals surface area contributed by atoms with Crippen molar-refractivity contribution in [2.45, 2.75) is 16.9 Å². The third-order valence-electron chi connectivity index (χ3n) is 2.43. The van der Waals surface area contributed by atoms with Crippen LogP contribution in [0.5, 0.6) is 0 Å². The smallest absolute Gasteiger partial charge is 0.407 e. The fourth-order valence-corrected chi connectivity index (χ4v) is 2.38. The molecule has 104 valence electrons. The van der Waals surface area contributed by atoms with Gasteiger partial charge in [0.25, 0.3) is 0 Å². The van der Waals surface area contributed by atoms with E-state index in [0.29, 0.717) is 0 Å². The van der Waals surface area contributed by atoms with Crippen LogP contribution in [0, 0.1) is 0 Å². The molecular weight excluding hydrogens is 361 g/mol. The van der Waals surface area contributed by atoms with E-state index in [1.807, 2.05) is 52.9 Å². The van der Waals surface area contributed by atoms with Crippen LogP contribution in [-0.2, 0) is 14.3 Å². The summed E-state index contributed by atoms with van der Waals surface area (Å²) in [7, 11) is 1.32. The van der Waals surface area contributed by atoms with Gasteiger partial charge in [-0.3, -0.25) is 4.79 Å². The first-order valence-corrected chi connectivity index (χ1v) is 7.04. The predicted octanol–water partition coefficient (Wildman–Crippen LogP) is 2.45. The maximum absolute atomic E-state index is 11.6. The molecule has 1 aromatic carbocycles. The molecule has 19 heavy (non-hydrogen) atoms. The summed E-state index contributed by atoms with van der Waals surface area (Å²) in [6.07, 6.45) is -0.554. The molecule has 0 bridgehead atoms. The summed E-state index contributed by atoms with van der Waals surface area (Å²) >= 11 is 1.95. The normalized spacial score (nSPS) is 13.2. The summed E-state index contributed by atoms with van der Waals surface area (Å²) in [4.78, 5) is 23.2. The van der Waals surface area contributed by atoms with E-state index in [1.54, 1.807) is 6.92 Å². The van der Waals surface area contributed by atoms with E-state index in [4.69, 9.17) is 9.47 Å². The number of esters is 1. The molecule has 0 aromatic heterocycles. The second kappa shape index (κ2) is 7.98. The summed E-state index contributed by atoms with van der Waals surface area (Å²) in [5.74, 6) is -0.397. The summed E-state index contributed by atoms with van der Waals surface area (Å²) in [6.45, 7) is 2.00. The van der Waals surface area contributed by atoms with Gasteiger partial charge in [0, 0.05) is 0 Å².